The van der Waals surface area contributed by atoms with Gasteiger partial charge in [0.25, 0.3) is 0 Å². The Labute approximate surface area is 442 Å². The summed E-state index contributed by atoms with van der Waals surface area (Å²) in [5.41, 5.74) is 0. The highest BCUT2D eigenvalue weighted by Crippen LogP contribution is 2.13. The van der Waals surface area contributed by atoms with E-state index in [0.29, 0.717) is 19.3 Å². The number of esters is 3. The van der Waals surface area contributed by atoms with Crippen LogP contribution in [0.25, 0.3) is 0 Å². The van der Waals surface area contributed by atoms with E-state index in [1.54, 1.807) is 0 Å². The minimum Gasteiger partial charge on any atom is -0.462 e. The molecule has 0 N–H and O–H groups in total. The van der Waals surface area contributed by atoms with E-state index < -0.39 is 6.10 Å². The van der Waals surface area contributed by atoms with Crippen molar-refractivity contribution in [2.75, 3.05) is 13.2 Å². The van der Waals surface area contributed by atoms with Crippen LogP contribution in [-0.2, 0) is 28.6 Å². The van der Waals surface area contributed by atoms with Crippen molar-refractivity contribution in [3.05, 3.63) is 146 Å². The summed E-state index contributed by atoms with van der Waals surface area (Å²) in [5, 5.41) is 0. The maximum atomic E-state index is 12.8. The van der Waals surface area contributed by atoms with Gasteiger partial charge in [-0.2, -0.15) is 0 Å². The molecular formula is C66H104O6. The fourth-order valence-corrected chi connectivity index (χ4v) is 7.33. The molecule has 0 fully saturated rings. The molecule has 0 rings (SSSR count). The highest BCUT2D eigenvalue weighted by molar-refractivity contribution is 5.71. The third-order valence-electron chi connectivity index (χ3n) is 11.6. The molecule has 0 aliphatic rings. The van der Waals surface area contributed by atoms with Crippen molar-refractivity contribution in [3.8, 4) is 0 Å². The number of hydrogen-bond acceptors (Lipinski definition) is 6. The Morgan fingerprint density at radius 3 is 0.847 bits per heavy atom. The molecule has 0 saturated heterocycles. The molecule has 1 unspecified atom stereocenters. The monoisotopic (exact) mass is 993 g/mol. The van der Waals surface area contributed by atoms with Gasteiger partial charge in [0.15, 0.2) is 6.10 Å². The Morgan fingerprint density at radius 2 is 0.542 bits per heavy atom. The number of carbonyl (C=O) groups excluding carboxylic acids is 3. The van der Waals surface area contributed by atoms with Gasteiger partial charge in [0, 0.05) is 19.3 Å². The molecule has 0 aliphatic carbocycles. The molecule has 0 aromatic carbocycles. The highest BCUT2D eigenvalue weighted by Gasteiger charge is 2.19. The van der Waals surface area contributed by atoms with E-state index in [1.807, 2.05) is 0 Å². The lowest BCUT2D eigenvalue weighted by Gasteiger charge is -2.18. The van der Waals surface area contributed by atoms with Gasteiger partial charge in [0.1, 0.15) is 13.2 Å². The second kappa shape index (κ2) is 58.9. The van der Waals surface area contributed by atoms with Gasteiger partial charge in [0.2, 0.25) is 0 Å². The largest absolute Gasteiger partial charge is 0.462 e. The van der Waals surface area contributed by atoms with E-state index in [-0.39, 0.29) is 31.1 Å². The molecule has 0 amide bonds. The van der Waals surface area contributed by atoms with Crippen LogP contribution in [0, 0.1) is 0 Å². The first kappa shape index (κ1) is 67.3. The van der Waals surface area contributed by atoms with Crippen molar-refractivity contribution in [2.45, 2.75) is 239 Å². The van der Waals surface area contributed by atoms with Crippen LogP contribution < -0.4 is 0 Å². The van der Waals surface area contributed by atoms with Crippen LogP contribution in [0.3, 0.4) is 0 Å². The third-order valence-corrected chi connectivity index (χ3v) is 11.6. The summed E-state index contributed by atoms with van der Waals surface area (Å²) in [7, 11) is 0. The molecule has 6 nitrogen and oxygen atoms in total. The molecule has 404 valence electrons. The average molecular weight is 994 g/mol. The van der Waals surface area contributed by atoms with Crippen molar-refractivity contribution in [1.82, 2.24) is 0 Å². The first-order valence-electron chi connectivity index (χ1n) is 28.8. The van der Waals surface area contributed by atoms with Crippen LogP contribution in [0.1, 0.15) is 233 Å². The molecule has 6 heteroatoms. The van der Waals surface area contributed by atoms with Crippen LogP contribution in [0.5, 0.6) is 0 Å². The van der Waals surface area contributed by atoms with Crippen LogP contribution in [0.2, 0.25) is 0 Å². The first-order chi connectivity index (χ1) is 35.5. The summed E-state index contributed by atoms with van der Waals surface area (Å²) >= 11 is 0. The molecule has 0 aromatic heterocycles. The molecule has 0 spiro atoms. The predicted octanol–water partition coefficient (Wildman–Crippen LogP) is 19.6. The fourth-order valence-electron chi connectivity index (χ4n) is 7.33. The van der Waals surface area contributed by atoms with Gasteiger partial charge in [0.05, 0.1) is 0 Å². The molecule has 1 atom stereocenters. The molecule has 0 radical (unpaired) electrons. The van der Waals surface area contributed by atoms with Gasteiger partial charge in [-0.15, -0.1) is 0 Å². The van der Waals surface area contributed by atoms with Crippen molar-refractivity contribution in [2.24, 2.45) is 0 Å². The molecule has 0 heterocycles. The van der Waals surface area contributed by atoms with Gasteiger partial charge in [-0.25, -0.2) is 0 Å². The summed E-state index contributed by atoms with van der Waals surface area (Å²) in [6, 6.07) is 0. The maximum absolute atomic E-state index is 12.8. The van der Waals surface area contributed by atoms with E-state index >= 15 is 0 Å². The minimum atomic E-state index is -0.799. The third kappa shape index (κ3) is 56.2. The second-order valence-electron chi connectivity index (χ2n) is 18.4. The van der Waals surface area contributed by atoms with Crippen molar-refractivity contribution >= 4 is 17.9 Å². The molecule has 72 heavy (non-hydrogen) atoms. The number of allylic oxidation sites excluding steroid dienone is 24. The lowest BCUT2D eigenvalue weighted by Crippen LogP contribution is -2.30. The van der Waals surface area contributed by atoms with Crippen molar-refractivity contribution < 1.29 is 28.6 Å². The van der Waals surface area contributed by atoms with Crippen molar-refractivity contribution in [1.29, 1.82) is 0 Å². The Bertz CT molecular complexity index is 1610. The quantitative estimate of drug-likeness (QED) is 0.0261. The molecule has 0 aromatic rings. The lowest BCUT2D eigenvalue weighted by molar-refractivity contribution is -0.167. The van der Waals surface area contributed by atoms with E-state index in [1.165, 1.54) is 32.1 Å². The summed E-state index contributed by atoms with van der Waals surface area (Å²) in [6.45, 7) is 6.30. The van der Waals surface area contributed by atoms with Gasteiger partial charge in [-0.05, 0) is 122 Å². The van der Waals surface area contributed by atoms with Gasteiger partial charge in [-0.1, -0.05) is 237 Å². The molecule has 0 saturated carbocycles. The van der Waals surface area contributed by atoms with Crippen molar-refractivity contribution in [3.63, 3.8) is 0 Å². The summed E-state index contributed by atoms with van der Waals surface area (Å²) in [6.07, 6.45) is 84.4. The zero-order valence-corrected chi connectivity index (χ0v) is 46.1. The number of carbonyl (C=O) groups is 3. The van der Waals surface area contributed by atoms with Crippen LogP contribution >= 0.6 is 0 Å². The first-order valence-corrected chi connectivity index (χ1v) is 28.8. The predicted molar refractivity (Wildman–Crippen MR) is 311 cm³/mol. The van der Waals surface area contributed by atoms with E-state index in [0.717, 1.165) is 161 Å². The number of hydrogen-bond donors (Lipinski definition) is 0. The summed E-state index contributed by atoms with van der Waals surface area (Å²) in [5.74, 6) is -0.955. The highest BCUT2D eigenvalue weighted by atomic mass is 16.6. The summed E-state index contributed by atoms with van der Waals surface area (Å²) in [4.78, 5) is 37.9. The number of unbranched alkanes of at least 4 members (excludes halogenated alkanes) is 15. The summed E-state index contributed by atoms with van der Waals surface area (Å²) < 4.78 is 16.7. The standard InChI is InChI=1S/C66H104O6/c1-4-7-10-13-16-18-20-22-24-26-28-29-30-31-32-33-34-35-36-37-39-40-42-44-46-48-50-53-56-59-65(68)71-62-63(61-70-64(67)58-55-52-15-12-9-6-3)72-66(69)60-57-54-51-49-47-45-43-41-38-27-25-23-21-19-17-14-11-8-5-2/h7-8,10-11,16-19,22-25,28-29,31-32,34-35,37-39,41-42,44,63H,4-6,9,12-15,20-21,26-27,30,33,36,40,43,45-62H2,1-3H3/b10-7-,11-8-,18-16-,19-17-,24-22-,25-23-,29-28-,32-31-,35-34-,39-37-,41-38-,44-42-. The van der Waals surface area contributed by atoms with Gasteiger partial charge < -0.3 is 14.2 Å². The Morgan fingerprint density at radius 1 is 0.292 bits per heavy atom. The van der Waals surface area contributed by atoms with E-state index in [4.69, 9.17) is 14.2 Å². The minimum absolute atomic E-state index is 0.0975. The van der Waals surface area contributed by atoms with Gasteiger partial charge >= 0.3 is 17.9 Å². The zero-order chi connectivity index (χ0) is 52.2. The maximum Gasteiger partial charge on any atom is 0.306 e. The Hall–Kier alpha value is -4.71. The Kier molecular flexibility index (Phi) is 55.0. The molecule has 0 bridgehead atoms. The smallest absolute Gasteiger partial charge is 0.306 e. The average Bonchev–Trinajstić information content (AvgIpc) is 3.38. The van der Waals surface area contributed by atoms with Crippen LogP contribution in [0.4, 0.5) is 0 Å². The topological polar surface area (TPSA) is 78.9 Å². The molecular weight excluding hydrogens is 889 g/mol. The second-order valence-corrected chi connectivity index (χ2v) is 18.4. The fraction of sp³-hybridized carbons (Fsp3) is 0.591. The van der Waals surface area contributed by atoms with Crippen LogP contribution in [0.15, 0.2) is 146 Å². The number of ether oxygens (including phenoxy) is 3. The molecule has 0 aliphatic heterocycles. The van der Waals surface area contributed by atoms with Gasteiger partial charge in [-0.3, -0.25) is 14.4 Å². The van der Waals surface area contributed by atoms with E-state index in [9.17, 15) is 14.4 Å². The SMILES string of the molecule is CC/C=C\C/C=C\C/C=C\C/C=C\C/C=C\C/C=C\C/C=C\C/C=C\CCCCCCC(=O)OCC(COC(=O)CCCCCCCC)OC(=O)CCCCCCCC/C=C\C/C=C\C/C=C\C/C=C\CC. The lowest BCUT2D eigenvalue weighted by atomic mass is 10.1. The van der Waals surface area contributed by atoms with E-state index in [2.05, 4.69) is 167 Å². The van der Waals surface area contributed by atoms with Crippen LogP contribution in [-0.4, -0.2) is 37.2 Å². The zero-order valence-electron chi connectivity index (χ0n) is 46.1. The number of rotatable bonds is 50. The normalized spacial score (nSPS) is 13.2. The Balaban J connectivity index is 4.26.